The van der Waals surface area contributed by atoms with Gasteiger partial charge in [-0.1, -0.05) is 30.3 Å². The van der Waals surface area contributed by atoms with Gasteiger partial charge >= 0.3 is 23.9 Å². The molecule has 1 aromatic rings. The molecule has 0 spiro atoms. The van der Waals surface area contributed by atoms with E-state index < -0.39 is 37.0 Å². The largest absolute Gasteiger partial charge is 0.480 e. The molecule has 0 aromatic heterocycles. The predicted octanol–water partition coefficient (Wildman–Crippen LogP) is 0.0661. The van der Waals surface area contributed by atoms with Crippen LogP contribution >= 0.6 is 0 Å². The molecule has 0 aliphatic rings. The van der Waals surface area contributed by atoms with Crippen molar-refractivity contribution in [2.75, 3.05) is 45.9 Å². The van der Waals surface area contributed by atoms with Crippen molar-refractivity contribution in [3.8, 4) is 0 Å². The van der Waals surface area contributed by atoms with Crippen molar-refractivity contribution >= 4 is 23.9 Å². The van der Waals surface area contributed by atoms with Gasteiger partial charge in [0.2, 0.25) is 0 Å². The predicted molar refractivity (Wildman–Crippen MR) is 101 cm³/mol. The summed E-state index contributed by atoms with van der Waals surface area (Å²) in [6.45, 7) is 0.601. The number of carbonyl (C=O) groups excluding carboxylic acids is 2. The van der Waals surface area contributed by atoms with Gasteiger partial charge in [-0.15, -0.1) is 0 Å². The second-order valence-electron chi connectivity index (χ2n) is 6.16. The van der Waals surface area contributed by atoms with Gasteiger partial charge in [0.1, 0.15) is 6.61 Å². The third kappa shape index (κ3) is 11.5. The summed E-state index contributed by atoms with van der Waals surface area (Å²) in [5.74, 6) is -3.47. The molecule has 0 aliphatic carbocycles. The standard InChI is InChI=1S/C19H26N2O8/c1-2-28-18(26)12-20(10-16(22)23)8-9-21(11-17(24)25)13-19(27)29-14-15-6-4-3-5-7-15/h3-7H,2,8-14H2,1H3,(H,22,23)(H,24,25). The molecule has 160 valence electrons. The first-order chi connectivity index (χ1) is 13.8. The smallest absolute Gasteiger partial charge is 0.320 e. The van der Waals surface area contributed by atoms with Gasteiger partial charge < -0.3 is 19.7 Å². The van der Waals surface area contributed by atoms with Crippen LogP contribution in [-0.4, -0.2) is 89.8 Å². The normalized spacial score (nSPS) is 10.7. The van der Waals surface area contributed by atoms with Crippen molar-refractivity contribution in [2.24, 2.45) is 0 Å². The maximum absolute atomic E-state index is 12.1. The van der Waals surface area contributed by atoms with E-state index in [4.69, 9.17) is 19.7 Å². The number of rotatable bonds is 14. The number of hydrogen-bond donors (Lipinski definition) is 2. The molecule has 2 N–H and O–H groups in total. The lowest BCUT2D eigenvalue weighted by Crippen LogP contribution is -2.43. The van der Waals surface area contributed by atoms with E-state index in [1.807, 2.05) is 6.07 Å². The highest BCUT2D eigenvalue weighted by atomic mass is 16.5. The van der Waals surface area contributed by atoms with Crippen LogP contribution in [0.25, 0.3) is 0 Å². The van der Waals surface area contributed by atoms with Crippen LogP contribution in [-0.2, 0) is 35.3 Å². The summed E-state index contributed by atoms with van der Waals surface area (Å²) < 4.78 is 9.96. The van der Waals surface area contributed by atoms with Crippen LogP contribution in [0.4, 0.5) is 0 Å². The molecule has 0 bridgehead atoms. The fourth-order valence-electron chi connectivity index (χ4n) is 2.45. The fourth-order valence-corrected chi connectivity index (χ4v) is 2.45. The Bertz CT molecular complexity index is 680. The molecule has 10 nitrogen and oxygen atoms in total. The fraction of sp³-hybridized carbons (Fsp3) is 0.474. The van der Waals surface area contributed by atoms with E-state index in [2.05, 4.69) is 0 Å². The van der Waals surface area contributed by atoms with Crippen LogP contribution in [0.3, 0.4) is 0 Å². The maximum atomic E-state index is 12.1. The van der Waals surface area contributed by atoms with Gasteiger partial charge in [-0.25, -0.2) is 0 Å². The Morgan fingerprint density at radius 1 is 0.793 bits per heavy atom. The van der Waals surface area contributed by atoms with Crippen molar-refractivity contribution in [2.45, 2.75) is 13.5 Å². The average Bonchev–Trinajstić information content (AvgIpc) is 2.64. The maximum Gasteiger partial charge on any atom is 0.320 e. The summed E-state index contributed by atoms with van der Waals surface area (Å²) in [4.78, 5) is 48.4. The van der Waals surface area contributed by atoms with E-state index in [0.29, 0.717) is 0 Å². The summed E-state index contributed by atoms with van der Waals surface area (Å²) in [6.07, 6.45) is 0. The first-order valence-corrected chi connectivity index (χ1v) is 9.03. The number of aliphatic carboxylic acids is 2. The average molecular weight is 410 g/mol. The third-order valence-electron chi connectivity index (χ3n) is 3.70. The molecule has 0 atom stereocenters. The minimum Gasteiger partial charge on any atom is -0.480 e. The molecule has 0 aliphatic heterocycles. The van der Waals surface area contributed by atoms with Crippen LogP contribution in [0, 0.1) is 0 Å². The molecule has 0 amide bonds. The van der Waals surface area contributed by atoms with E-state index in [-0.39, 0.29) is 39.4 Å². The SMILES string of the molecule is CCOC(=O)CN(CCN(CC(=O)O)CC(=O)OCc1ccccc1)CC(=O)O. The van der Waals surface area contributed by atoms with Gasteiger partial charge in [0, 0.05) is 13.1 Å². The van der Waals surface area contributed by atoms with Gasteiger partial charge in [0.25, 0.3) is 0 Å². The van der Waals surface area contributed by atoms with Crippen LogP contribution in [0.15, 0.2) is 30.3 Å². The summed E-state index contributed by atoms with van der Waals surface area (Å²) >= 11 is 0. The first kappa shape index (κ1) is 24.1. The molecule has 0 radical (unpaired) electrons. The number of carboxylic acid groups (broad SMARTS) is 2. The molecule has 0 heterocycles. The molecule has 29 heavy (non-hydrogen) atoms. The molecule has 1 rings (SSSR count). The number of ether oxygens (including phenoxy) is 2. The van der Waals surface area contributed by atoms with E-state index >= 15 is 0 Å². The molecule has 0 saturated carbocycles. The van der Waals surface area contributed by atoms with E-state index in [1.54, 1.807) is 31.2 Å². The molecule has 10 heteroatoms. The Balaban J connectivity index is 2.60. The zero-order chi connectivity index (χ0) is 21.6. The highest BCUT2D eigenvalue weighted by Crippen LogP contribution is 2.02. The Labute approximate surface area is 168 Å². The van der Waals surface area contributed by atoms with Crippen molar-refractivity contribution in [3.63, 3.8) is 0 Å². The van der Waals surface area contributed by atoms with Gasteiger partial charge in [-0.3, -0.25) is 29.0 Å². The molecule has 0 saturated heterocycles. The topological polar surface area (TPSA) is 134 Å². The monoisotopic (exact) mass is 410 g/mol. The van der Waals surface area contributed by atoms with Crippen LogP contribution in [0.5, 0.6) is 0 Å². The molecular weight excluding hydrogens is 384 g/mol. The lowest BCUT2D eigenvalue weighted by atomic mass is 10.2. The number of carbonyl (C=O) groups is 4. The Morgan fingerprint density at radius 3 is 1.72 bits per heavy atom. The zero-order valence-electron chi connectivity index (χ0n) is 16.3. The van der Waals surface area contributed by atoms with Gasteiger partial charge in [-0.2, -0.15) is 0 Å². The van der Waals surface area contributed by atoms with E-state index in [9.17, 15) is 19.2 Å². The van der Waals surface area contributed by atoms with Crippen molar-refractivity contribution in [1.29, 1.82) is 0 Å². The lowest BCUT2D eigenvalue weighted by molar-refractivity contribution is -0.150. The van der Waals surface area contributed by atoms with E-state index in [1.165, 1.54) is 9.80 Å². The number of hydrogen-bond acceptors (Lipinski definition) is 8. The second-order valence-corrected chi connectivity index (χ2v) is 6.16. The van der Waals surface area contributed by atoms with Gasteiger partial charge in [-0.05, 0) is 12.5 Å². The minimum atomic E-state index is -1.14. The van der Waals surface area contributed by atoms with Crippen LogP contribution in [0.1, 0.15) is 12.5 Å². The number of esters is 2. The minimum absolute atomic E-state index is 0.0550. The molecule has 1 aromatic carbocycles. The first-order valence-electron chi connectivity index (χ1n) is 9.03. The van der Waals surface area contributed by atoms with Crippen molar-refractivity contribution in [3.05, 3.63) is 35.9 Å². The zero-order valence-corrected chi connectivity index (χ0v) is 16.3. The van der Waals surface area contributed by atoms with E-state index in [0.717, 1.165) is 5.56 Å². The molecule has 0 fully saturated rings. The quantitative estimate of drug-likeness (QED) is 0.406. The second kappa shape index (κ2) is 13.2. The Kier molecular flexibility index (Phi) is 11.0. The van der Waals surface area contributed by atoms with Gasteiger partial charge in [0.15, 0.2) is 0 Å². The van der Waals surface area contributed by atoms with Crippen LogP contribution in [0.2, 0.25) is 0 Å². The van der Waals surface area contributed by atoms with Crippen molar-refractivity contribution in [1.82, 2.24) is 9.80 Å². The number of nitrogens with zero attached hydrogens (tertiary/aromatic N) is 2. The molecular formula is C19H26N2O8. The highest BCUT2D eigenvalue weighted by molar-refractivity contribution is 5.74. The summed E-state index contributed by atoms with van der Waals surface area (Å²) in [5.41, 5.74) is 0.799. The summed E-state index contributed by atoms with van der Waals surface area (Å²) in [5, 5.41) is 18.0. The lowest BCUT2D eigenvalue weighted by Gasteiger charge is -2.24. The Hall–Kier alpha value is -2.98. The highest BCUT2D eigenvalue weighted by Gasteiger charge is 2.19. The van der Waals surface area contributed by atoms with Gasteiger partial charge in [0.05, 0.1) is 32.8 Å². The third-order valence-corrected chi connectivity index (χ3v) is 3.70. The number of carboxylic acids is 2. The number of benzene rings is 1. The summed E-state index contributed by atoms with van der Waals surface area (Å²) in [7, 11) is 0. The summed E-state index contributed by atoms with van der Waals surface area (Å²) in [6, 6.07) is 9.03. The Morgan fingerprint density at radius 2 is 1.28 bits per heavy atom. The van der Waals surface area contributed by atoms with Crippen LogP contribution < -0.4 is 0 Å². The molecule has 0 unspecified atom stereocenters. The van der Waals surface area contributed by atoms with Crippen molar-refractivity contribution < 1.29 is 38.9 Å².